The predicted molar refractivity (Wildman–Crippen MR) is 73.1 cm³/mol. The van der Waals surface area contributed by atoms with Crippen molar-refractivity contribution in [2.75, 3.05) is 6.54 Å². The van der Waals surface area contributed by atoms with Gasteiger partial charge in [-0.1, -0.05) is 13.3 Å². The number of nitrogens with zero attached hydrogens (tertiary/aromatic N) is 1. The van der Waals surface area contributed by atoms with Crippen molar-refractivity contribution in [3.05, 3.63) is 16.1 Å². The van der Waals surface area contributed by atoms with E-state index in [1.165, 1.54) is 11.3 Å². The van der Waals surface area contributed by atoms with Crippen molar-refractivity contribution in [1.29, 1.82) is 0 Å². The molecule has 2 amide bonds. The van der Waals surface area contributed by atoms with Crippen molar-refractivity contribution < 1.29 is 14.7 Å². The lowest BCUT2D eigenvalue weighted by atomic mass is 10.0. The molecule has 1 rings (SSSR count). The van der Waals surface area contributed by atoms with Gasteiger partial charge >= 0.3 is 12.0 Å². The minimum Gasteiger partial charge on any atom is -0.481 e. The quantitative estimate of drug-likeness (QED) is 0.711. The number of aliphatic carboxylic acids is 1. The van der Waals surface area contributed by atoms with E-state index in [1.54, 1.807) is 5.51 Å². The topological polar surface area (TPSA) is 91.3 Å². The van der Waals surface area contributed by atoms with E-state index in [0.717, 1.165) is 17.0 Å². The molecule has 0 saturated heterocycles. The summed E-state index contributed by atoms with van der Waals surface area (Å²) in [6.07, 6.45) is 0.797. The van der Waals surface area contributed by atoms with Gasteiger partial charge < -0.3 is 15.7 Å². The molecule has 1 unspecified atom stereocenters. The Hall–Kier alpha value is -1.63. The summed E-state index contributed by atoms with van der Waals surface area (Å²) in [7, 11) is 0. The van der Waals surface area contributed by atoms with E-state index < -0.39 is 5.97 Å². The first kappa shape index (κ1) is 15.4. The number of urea groups is 1. The molecular formula is C12H19N3O3S. The van der Waals surface area contributed by atoms with Crippen molar-refractivity contribution in [2.45, 2.75) is 33.2 Å². The van der Waals surface area contributed by atoms with Crippen molar-refractivity contribution in [3.63, 3.8) is 0 Å². The van der Waals surface area contributed by atoms with Crippen LogP contribution in [0.2, 0.25) is 0 Å². The van der Waals surface area contributed by atoms with Gasteiger partial charge in [0.15, 0.2) is 0 Å². The molecule has 0 aliphatic rings. The molecule has 3 N–H and O–H groups in total. The molecule has 0 radical (unpaired) electrons. The van der Waals surface area contributed by atoms with Crippen molar-refractivity contribution in [2.24, 2.45) is 5.92 Å². The number of hydrogen-bond donors (Lipinski definition) is 3. The van der Waals surface area contributed by atoms with Crippen LogP contribution in [0, 0.1) is 12.8 Å². The lowest BCUT2D eigenvalue weighted by Crippen LogP contribution is -2.38. The zero-order valence-electron chi connectivity index (χ0n) is 11.1. The molecule has 1 aromatic rings. The highest BCUT2D eigenvalue weighted by atomic mass is 32.1. The number of rotatable bonds is 7. The second-order valence-corrected chi connectivity index (χ2v) is 5.24. The third-order valence-corrected chi connectivity index (χ3v) is 3.78. The van der Waals surface area contributed by atoms with Crippen LogP contribution in [0.25, 0.3) is 0 Å². The van der Waals surface area contributed by atoms with Crippen LogP contribution in [0.4, 0.5) is 4.79 Å². The van der Waals surface area contributed by atoms with Gasteiger partial charge in [-0.15, -0.1) is 11.3 Å². The number of carbonyl (C=O) groups is 2. The molecule has 1 heterocycles. The van der Waals surface area contributed by atoms with Crippen LogP contribution in [-0.4, -0.2) is 28.6 Å². The van der Waals surface area contributed by atoms with Gasteiger partial charge in [-0.05, 0) is 12.8 Å². The summed E-state index contributed by atoms with van der Waals surface area (Å²) in [4.78, 5) is 27.3. The monoisotopic (exact) mass is 285 g/mol. The summed E-state index contributed by atoms with van der Waals surface area (Å²) in [6, 6.07) is -0.281. The van der Waals surface area contributed by atoms with E-state index >= 15 is 0 Å². The number of carboxylic acids is 1. The fourth-order valence-electron chi connectivity index (χ4n) is 1.56. The average Bonchev–Trinajstić information content (AvgIpc) is 2.77. The highest BCUT2D eigenvalue weighted by molar-refractivity contribution is 7.09. The van der Waals surface area contributed by atoms with E-state index in [9.17, 15) is 9.59 Å². The van der Waals surface area contributed by atoms with Crippen molar-refractivity contribution in [3.8, 4) is 0 Å². The van der Waals surface area contributed by atoms with Gasteiger partial charge in [-0.2, -0.15) is 0 Å². The molecule has 0 bridgehead atoms. The Labute approximate surface area is 116 Å². The Kier molecular flexibility index (Phi) is 6.27. The number of aromatic nitrogens is 1. The molecule has 0 aromatic carbocycles. The molecule has 19 heavy (non-hydrogen) atoms. The van der Waals surface area contributed by atoms with Gasteiger partial charge in [0, 0.05) is 17.8 Å². The van der Waals surface area contributed by atoms with Gasteiger partial charge in [0.25, 0.3) is 0 Å². The van der Waals surface area contributed by atoms with Gasteiger partial charge in [0.05, 0.1) is 17.7 Å². The number of carbonyl (C=O) groups excluding carboxylic acids is 1. The maximum Gasteiger partial charge on any atom is 0.315 e. The average molecular weight is 285 g/mol. The van der Waals surface area contributed by atoms with Crippen LogP contribution in [-0.2, 0) is 11.3 Å². The van der Waals surface area contributed by atoms with Gasteiger partial charge in [0.2, 0.25) is 0 Å². The van der Waals surface area contributed by atoms with E-state index in [1.807, 2.05) is 13.8 Å². The highest BCUT2D eigenvalue weighted by Gasteiger charge is 2.12. The number of carboxylic acid groups (broad SMARTS) is 1. The summed E-state index contributed by atoms with van der Waals surface area (Å²) < 4.78 is 0. The van der Waals surface area contributed by atoms with Crippen molar-refractivity contribution in [1.82, 2.24) is 15.6 Å². The third-order valence-electron chi connectivity index (χ3n) is 2.85. The molecule has 6 nitrogen and oxygen atoms in total. The van der Waals surface area contributed by atoms with E-state index in [4.69, 9.17) is 5.11 Å². The largest absolute Gasteiger partial charge is 0.481 e. The molecule has 1 aromatic heterocycles. The van der Waals surface area contributed by atoms with Crippen molar-refractivity contribution >= 4 is 23.3 Å². The molecule has 106 valence electrons. The van der Waals surface area contributed by atoms with Gasteiger partial charge in [-0.25, -0.2) is 9.78 Å². The molecule has 0 aliphatic carbocycles. The number of hydrogen-bond acceptors (Lipinski definition) is 4. The van der Waals surface area contributed by atoms with E-state index in [2.05, 4.69) is 15.6 Å². The van der Waals surface area contributed by atoms with Crippen LogP contribution >= 0.6 is 11.3 Å². The molecule has 7 heteroatoms. The predicted octanol–water partition coefficient (Wildman–Crippen LogP) is 1.75. The zero-order valence-corrected chi connectivity index (χ0v) is 11.9. The minimum atomic E-state index is -0.839. The van der Waals surface area contributed by atoms with Crippen LogP contribution in [0.15, 0.2) is 5.51 Å². The van der Waals surface area contributed by atoms with Crippen LogP contribution in [0.3, 0.4) is 0 Å². The SMILES string of the molecule is CCC(CNC(=O)NCc1scnc1C)CC(=O)O. The first-order chi connectivity index (χ1) is 9.02. The number of nitrogens with one attached hydrogen (secondary N) is 2. The first-order valence-corrected chi connectivity index (χ1v) is 7.03. The Morgan fingerprint density at radius 2 is 2.21 bits per heavy atom. The summed E-state index contributed by atoms with van der Waals surface area (Å²) in [6.45, 7) is 4.62. The number of thiazole rings is 1. The van der Waals surface area contributed by atoms with Crippen LogP contribution in [0.1, 0.15) is 30.3 Å². The number of aryl methyl sites for hydroxylation is 1. The molecular weight excluding hydrogens is 266 g/mol. The smallest absolute Gasteiger partial charge is 0.315 e. The fraction of sp³-hybridized carbons (Fsp3) is 0.583. The zero-order chi connectivity index (χ0) is 14.3. The summed E-state index contributed by atoms with van der Waals surface area (Å²) >= 11 is 1.50. The second-order valence-electron chi connectivity index (χ2n) is 4.30. The summed E-state index contributed by atoms with van der Waals surface area (Å²) in [5, 5.41) is 14.1. The normalized spacial score (nSPS) is 11.9. The Morgan fingerprint density at radius 1 is 1.47 bits per heavy atom. The maximum atomic E-state index is 11.6. The third kappa shape index (κ3) is 5.69. The molecule has 0 spiro atoms. The van der Waals surface area contributed by atoms with Gasteiger partial charge in [0.1, 0.15) is 0 Å². The Morgan fingerprint density at radius 3 is 2.74 bits per heavy atom. The summed E-state index contributed by atoms with van der Waals surface area (Å²) in [5.74, 6) is -0.872. The second kappa shape index (κ2) is 7.73. The number of amides is 2. The molecule has 0 fully saturated rings. The molecule has 0 saturated carbocycles. The van der Waals surface area contributed by atoms with Gasteiger partial charge in [-0.3, -0.25) is 4.79 Å². The van der Waals surface area contributed by atoms with Crippen LogP contribution < -0.4 is 10.6 Å². The fourth-order valence-corrected chi connectivity index (χ4v) is 2.28. The maximum absolute atomic E-state index is 11.6. The molecule has 0 aliphatic heterocycles. The molecule has 1 atom stereocenters. The standard InChI is InChI=1S/C12H19N3O3S/c1-3-9(4-11(16)17)5-13-12(18)14-6-10-8(2)15-7-19-10/h7,9H,3-6H2,1-2H3,(H,16,17)(H2,13,14,18). The highest BCUT2D eigenvalue weighted by Crippen LogP contribution is 2.11. The van der Waals surface area contributed by atoms with E-state index in [0.29, 0.717) is 13.1 Å². The lowest BCUT2D eigenvalue weighted by Gasteiger charge is -2.13. The summed E-state index contributed by atoms with van der Waals surface area (Å²) in [5.41, 5.74) is 2.66. The minimum absolute atomic E-state index is 0.0339. The lowest BCUT2D eigenvalue weighted by molar-refractivity contribution is -0.138. The Balaban J connectivity index is 2.27. The first-order valence-electron chi connectivity index (χ1n) is 6.15. The van der Waals surface area contributed by atoms with E-state index in [-0.39, 0.29) is 18.4 Å². The Bertz CT molecular complexity index is 434. The van der Waals surface area contributed by atoms with Crippen LogP contribution in [0.5, 0.6) is 0 Å².